The first kappa shape index (κ1) is 22.4. The largest absolute Gasteiger partial charge is 0.493 e. The van der Waals surface area contributed by atoms with Crippen LogP contribution in [0.2, 0.25) is 5.02 Å². The lowest BCUT2D eigenvalue weighted by atomic mass is 10.1. The van der Waals surface area contributed by atoms with Gasteiger partial charge < -0.3 is 9.47 Å². The van der Waals surface area contributed by atoms with Gasteiger partial charge in [0.25, 0.3) is 5.91 Å². The lowest BCUT2D eigenvalue weighted by molar-refractivity contribution is -0.122. The van der Waals surface area contributed by atoms with Crippen LogP contribution in [0.1, 0.15) is 16.7 Å². The summed E-state index contributed by atoms with van der Waals surface area (Å²) in [5.74, 6) is 1.12. The third kappa shape index (κ3) is 5.33. The average molecular weight is 482 g/mol. The third-order valence-corrected chi connectivity index (χ3v) is 6.48. The molecule has 1 heterocycles. The third-order valence-electron chi connectivity index (χ3n) is 4.85. The van der Waals surface area contributed by atoms with E-state index >= 15 is 0 Å². The van der Waals surface area contributed by atoms with Gasteiger partial charge in [0.15, 0.2) is 11.5 Å². The van der Waals surface area contributed by atoms with Gasteiger partial charge in [0.2, 0.25) is 0 Å². The predicted octanol–water partition coefficient (Wildman–Crippen LogP) is 6.33. The molecule has 0 bridgehead atoms. The topological polar surface area (TPSA) is 38.8 Å². The highest BCUT2D eigenvalue weighted by Crippen LogP contribution is 2.35. The molecule has 0 unspecified atom stereocenters. The van der Waals surface area contributed by atoms with E-state index in [1.54, 1.807) is 12.0 Å². The summed E-state index contributed by atoms with van der Waals surface area (Å²) in [7, 11) is 1.60. The van der Waals surface area contributed by atoms with Gasteiger partial charge in [0.1, 0.15) is 10.9 Å². The number of rotatable bonds is 7. The van der Waals surface area contributed by atoms with Crippen LogP contribution in [0.3, 0.4) is 0 Å². The van der Waals surface area contributed by atoms with Gasteiger partial charge in [0.05, 0.1) is 18.6 Å². The summed E-state index contributed by atoms with van der Waals surface area (Å²) in [5.41, 5.74) is 2.85. The molecule has 1 fully saturated rings. The molecule has 1 aliphatic rings. The van der Waals surface area contributed by atoms with Crippen LogP contribution in [0.4, 0.5) is 0 Å². The molecule has 162 valence electrons. The van der Waals surface area contributed by atoms with E-state index in [1.807, 2.05) is 78.9 Å². The van der Waals surface area contributed by atoms with Crippen molar-refractivity contribution in [2.75, 3.05) is 7.11 Å². The molecular formula is C25H20ClNO3S2. The van der Waals surface area contributed by atoms with Gasteiger partial charge in [-0.15, -0.1) is 0 Å². The van der Waals surface area contributed by atoms with Gasteiger partial charge in [-0.2, -0.15) is 0 Å². The summed E-state index contributed by atoms with van der Waals surface area (Å²) >= 11 is 12.7. The molecule has 4 nitrogen and oxygen atoms in total. The normalized spacial score (nSPS) is 14.8. The van der Waals surface area contributed by atoms with Crippen molar-refractivity contribution in [3.05, 3.63) is 99.4 Å². The standard InChI is InChI=1S/C25H20ClNO3S2/c1-29-21-12-9-19(13-22(21)30-16-18-7-10-20(26)11-8-18)14-23-24(28)27(25(31)32-23)15-17-5-3-2-4-6-17/h2-14H,15-16H2,1H3/b23-14+. The van der Waals surface area contributed by atoms with Crippen molar-refractivity contribution in [3.8, 4) is 11.5 Å². The molecule has 0 aromatic heterocycles. The fourth-order valence-electron chi connectivity index (χ4n) is 3.19. The SMILES string of the molecule is COc1ccc(/C=C2/SC(=S)N(Cc3ccccc3)C2=O)cc1OCc1ccc(Cl)cc1. The van der Waals surface area contributed by atoms with Crippen molar-refractivity contribution in [2.45, 2.75) is 13.2 Å². The van der Waals surface area contributed by atoms with Gasteiger partial charge in [-0.05, 0) is 47.0 Å². The number of thioether (sulfide) groups is 1. The molecular weight excluding hydrogens is 462 g/mol. The van der Waals surface area contributed by atoms with Crippen LogP contribution >= 0.6 is 35.6 Å². The van der Waals surface area contributed by atoms with E-state index in [0.29, 0.717) is 38.9 Å². The smallest absolute Gasteiger partial charge is 0.266 e. The molecule has 7 heteroatoms. The van der Waals surface area contributed by atoms with E-state index in [-0.39, 0.29) is 5.91 Å². The maximum Gasteiger partial charge on any atom is 0.266 e. The molecule has 4 rings (SSSR count). The van der Waals surface area contributed by atoms with Crippen LogP contribution in [-0.2, 0) is 17.9 Å². The van der Waals surface area contributed by atoms with Gasteiger partial charge in [-0.3, -0.25) is 9.69 Å². The molecule has 0 atom stereocenters. The number of amides is 1. The number of thiocarbonyl (C=S) groups is 1. The number of benzene rings is 3. The van der Waals surface area contributed by atoms with Crippen molar-refractivity contribution in [1.29, 1.82) is 0 Å². The van der Waals surface area contributed by atoms with Crippen LogP contribution in [0.15, 0.2) is 77.7 Å². The molecule has 0 spiro atoms. The lowest BCUT2D eigenvalue weighted by Gasteiger charge is -2.14. The number of halogens is 1. The average Bonchev–Trinajstić information content (AvgIpc) is 3.07. The maximum atomic E-state index is 13.0. The van der Waals surface area contributed by atoms with Gasteiger partial charge in [0, 0.05) is 5.02 Å². The molecule has 0 aliphatic carbocycles. The van der Waals surface area contributed by atoms with E-state index in [0.717, 1.165) is 16.7 Å². The zero-order valence-corrected chi connectivity index (χ0v) is 19.7. The summed E-state index contributed by atoms with van der Waals surface area (Å²) in [4.78, 5) is 15.2. The van der Waals surface area contributed by atoms with Crippen LogP contribution in [0.5, 0.6) is 11.5 Å². The summed E-state index contributed by atoms with van der Waals surface area (Å²) in [5, 5.41) is 0.679. The van der Waals surface area contributed by atoms with Crippen LogP contribution in [0, 0.1) is 0 Å². The summed E-state index contributed by atoms with van der Waals surface area (Å²) < 4.78 is 12.0. The van der Waals surface area contributed by atoms with E-state index in [9.17, 15) is 4.79 Å². The predicted molar refractivity (Wildman–Crippen MR) is 134 cm³/mol. The van der Waals surface area contributed by atoms with Gasteiger partial charge in [-0.25, -0.2) is 0 Å². The second kappa shape index (κ2) is 10.2. The Bertz CT molecular complexity index is 1160. The highest BCUT2D eigenvalue weighted by molar-refractivity contribution is 8.26. The zero-order valence-electron chi connectivity index (χ0n) is 17.3. The van der Waals surface area contributed by atoms with Crippen LogP contribution < -0.4 is 9.47 Å². The van der Waals surface area contributed by atoms with E-state index in [4.69, 9.17) is 33.3 Å². The minimum absolute atomic E-state index is 0.0942. The fraction of sp³-hybridized carbons (Fsp3) is 0.120. The highest BCUT2D eigenvalue weighted by atomic mass is 35.5. The second-order valence-corrected chi connectivity index (χ2v) is 9.19. The maximum absolute atomic E-state index is 13.0. The number of hydrogen-bond acceptors (Lipinski definition) is 5. The number of carbonyl (C=O) groups excluding carboxylic acids is 1. The molecule has 0 radical (unpaired) electrons. The fourth-order valence-corrected chi connectivity index (χ4v) is 4.57. The molecule has 0 N–H and O–H groups in total. The summed E-state index contributed by atoms with van der Waals surface area (Å²) in [6.45, 7) is 0.830. The van der Waals surface area contributed by atoms with Gasteiger partial charge in [-0.1, -0.05) is 84.1 Å². The monoisotopic (exact) mass is 481 g/mol. The van der Waals surface area contributed by atoms with Gasteiger partial charge >= 0.3 is 0 Å². The lowest BCUT2D eigenvalue weighted by Crippen LogP contribution is -2.27. The Morgan fingerprint density at radius 2 is 1.75 bits per heavy atom. The summed E-state index contributed by atoms with van der Waals surface area (Å²) in [6, 6.07) is 22.9. The Kier molecular flexibility index (Phi) is 7.15. The minimum Gasteiger partial charge on any atom is -0.493 e. The molecule has 32 heavy (non-hydrogen) atoms. The van der Waals surface area contributed by atoms with Crippen molar-refractivity contribution in [1.82, 2.24) is 4.90 Å². The van der Waals surface area contributed by atoms with Crippen LogP contribution in [0.25, 0.3) is 6.08 Å². The molecule has 3 aromatic rings. The van der Waals surface area contributed by atoms with Crippen LogP contribution in [-0.4, -0.2) is 22.2 Å². The number of nitrogens with zero attached hydrogens (tertiary/aromatic N) is 1. The zero-order chi connectivity index (χ0) is 22.5. The Labute approximate surface area is 201 Å². The first-order valence-electron chi connectivity index (χ1n) is 9.88. The quantitative estimate of drug-likeness (QED) is 0.291. The Morgan fingerprint density at radius 1 is 1.00 bits per heavy atom. The number of hydrogen-bond donors (Lipinski definition) is 0. The number of methoxy groups -OCH3 is 1. The first-order chi connectivity index (χ1) is 15.5. The minimum atomic E-state index is -0.0942. The van der Waals surface area contributed by atoms with Crippen molar-refractivity contribution in [2.24, 2.45) is 0 Å². The molecule has 1 amide bonds. The molecule has 0 saturated carbocycles. The van der Waals surface area contributed by atoms with E-state index in [2.05, 4.69) is 0 Å². The Hall–Kier alpha value is -2.80. The number of carbonyl (C=O) groups is 1. The van der Waals surface area contributed by atoms with Crippen molar-refractivity contribution < 1.29 is 14.3 Å². The van der Waals surface area contributed by atoms with E-state index < -0.39 is 0 Å². The highest BCUT2D eigenvalue weighted by Gasteiger charge is 2.32. The van der Waals surface area contributed by atoms with Crippen molar-refractivity contribution in [3.63, 3.8) is 0 Å². The van der Waals surface area contributed by atoms with E-state index in [1.165, 1.54) is 11.8 Å². The molecule has 3 aromatic carbocycles. The first-order valence-corrected chi connectivity index (χ1v) is 11.5. The molecule has 1 saturated heterocycles. The molecule has 1 aliphatic heterocycles. The Morgan fingerprint density at radius 3 is 2.47 bits per heavy atom. The second-order valence-electron chi connectivity index (χ2n) is 7.08. The summed E-state index contributed by atoms with van der Waals surface area (Å²) in [6.07, 6.45) is 1.83. The Balaban J connectivity index is 1.51. The number of ether oxygens (including phenoxy) is 2. The van der Waals surface area contributed by atoms with Crippen molar-refractivity contribution >= 4 is 51.9 Å².